The maximum atomic E-state index is 12.3. The van der Waals surface area contributed by atoms with Gasteiger partial charge in [-0.25, -0.2) is 13.1 Å². The van der Waals surface area contributed by atoms with Crippen molar-refractivity contribution in [1.82, 2.24) is 10.0 Å². The van der Waals surface area contributed by atoms with E-state index in [0.717, 1.165) is 24.9 Å². The highest BCUT2D eigenvalue weighted by Gasteiger charge is 2.18. The molecule has 0 heterocycles. The largest absolute Gasteiger partial charge is 0.313 e. The predicted octanol–water partition coefficient (Wildman–Crippen LogP) is 2.92. The third-order valence-corrected chi connectivity index (χ3v) is 4.93. The number of rotatable bonds is 8. The molecule has 6 heteroatoms. The van der Waals surface area contributed by atoms with Gasteiger partial charge in [-0.1, -0.05) is 31.9 Å². The third kappa shape index (κ3) is 5.05. The van der Waals surface area contributed by atoms with Crippen molar-refractivity contribution in [2.24, 2.45) is 0 Å². The van der Waals surface area contributed by atoms with Crippen LogP contribution in [-0.4, -0.2) is 21.0 Å². The fraction of sp³-hybridized carbons (Fsp3) is 0.571. The van der Waals surface area contributed by atoms with E-state index in [1.807, 2.05) is 20.8 Å². The Balaban J connectivity index is 2.94. The van der Waals surface area contributed by atoms with Gasteiger partial charge in [0.15, 0.2) is 0 Å². The van der Waals surface area contributed by atoms with Crippen molar-refractivity contribution in [3.8, 4) is 0 Å². The van der Waals surface area contributed by atoms with Crippen LogP contribution in [-0.2, 0) is 16.6 Å². The second-order valence-electron chi connectivity index (χ2n) is 4.84. The lowest BCUT2D eigenvalue weighted by atomic mass is 10.2. The summed E-state index contributed by atoms with van der Waals surface area (Å²) in [5.74, 6) is 0. The first-order valence-electron chi connectivity index (χ1n) is 6.92. The van der Waals surface area contributed by atoms with Crippen LogP contribution in [0.3, 0.4) is 0 Å². The maximum absolute atomic E-state index is 12.3. The van der Waals surface area contributed by atoms with Gasteiger partial charge in [0.1, 0.15) is 0 Å². The highest BCUT2D eigenvalue weighted by Crippen LogP contribution is 2.20. The third-order valence-electron chi connectivity index (χ3n) is 2.97. The number of sulfonamides is 1. The van der Waals surface area contributed by atoms with Gasteiger partial charge in [-0.3, -0.25) is 0 Å². The molecule has 0 saturated heterocycles. The molecule has 114 valence electrons. The summed E-state index contributed by atoms with van der Waals surface area (Å²) < 4.78 is 27.2. The number of benzene rings is 1. The number of nitrogens with one attached hydrogen (secondary N) is 2. The molecule has 1 aromatic rings. The molecule has 0 aliphatic heterocycles. The van der Waals surface area contributed by atoms with Crippen molar-refractivity contribution in [3.63, 3.8) is 0 Å². The Hall–Kier alpha value is -0.620. The zero-order chi connectivity index (χ0) is 15.2. The van der Waals surface area contributed by atoms with Gasteiger partial charge < -0.3 is 5.32 Å². The summed E-state index contributed by atoms with van der Waals surface area (Å²) in [6, 6.07) is 4.73. The van der Waals surface area contributed by atoms with Crippen LogP contribution in [0.5, 0.6) is 0 Å². The zero-order valence-corrected chi connectivity index (χ0v) is 13.8. The summed E-state index contributed by atoms with van der Waals surface area (Å²) in [6.45, 7) is 7.25. The molecule has 1 unspecified atom stereocenters. The molecule has 0 radical (unpaired) electrons. The van der Waals surface area contributed by atoms with Gasteiger partial charge in [0.2, 0.25) is 10.0 Å². The Morgan fingerprint density at radius 3 is 2.60 bits per heavy atom. The quantitative estimate of drug-likeness (QED) is 0.775. The Morgan fingerprint density at radius 1 is 1.30 bits per heavy atom. The van der Waals surface area contributed by atoms with Crippen LogP contribution in [0, 0.1) is 0 Å². The molecular formula is C14H23ClN2O2S. The maximum Gasteiger partial charge on any atom is 0.240 e. The first-order chi connectivity index (χ1) is 9.40. The van der Waals surface area contributed by atoms with E-state index in [4.69, 9.17) is 11.6 Å². The molecular weight excluding hydrogens is 296 g/mol. The standard InChI is InChI=1S/C14H23ClN2O2S/c1-4-6-11(3)17-20(18,19)13-7-8-14(15)12(9-13)10-16-5-2/h7-9,11,16-17H,4-6,10H2,1-3H3. The van der Waals surface area contributed by atoms with E-state index in [2.05, 4.69) is 10.0 Å². The second-order valence-corrected chi connectivity index (χ2v) is 6.97. The molecule has 1 rings (SSSR count). The van der Waals surface area contributed by atoms with E-state index in [1.54, 1.807) is 18.2 Å². The normalized spacial score (nSPS) is 13.4. The van der Waals surface area contributed by atoms with Crippen molar-refractivity contribution in [2.75, 3.05) is 6.54 Å². The Labute approximate surface area is 127 Å². The fourth-order valence-electron chi connectivity index (χ4n) is 1.94. The lowest BCUT2D eigenvalue weighted by molar-refractivity contribution is 0.543. The minimum Gasteiger partial charge on any atom is -0.313 e. The van der Waals surface area contributed by atoms with Crippen LogP contribution in [0.1, 0.15) is 39.2 Å². The number of hydrogen-bond acceptors (Lipinski definition) is 3. The van der Waals surface area contributed by atoms with Crippen molar-refractivity contribution in [2.45, 2.75) is 51.1 Å². The molecule has 0 fully saturated rings. The van der Waals surface area contributed by atoms with E-state index in [1.165, 1.54) is 0 Å². The summed E-state index contributed by atoms with van der Waals surface area (Å²) in [6.07, 6.45) is 1.76. The Morgan fingerprint density at radius 2 is 2.00 bits per heavy atom. The summed E-state index contributed by atoms with van der Waals surface area (Å²) in [4.78, 5) is 0.262. The van der Waals surface area contributed by atoms with Crippen molar-refractivity contribution < 1.29 is 8.42 Å². The van der Waals surface area contributed by atoms with Crippen LogP contribution in [0.4, 0.5) is 0 Å². The Kier molecular flexibility index (Phi) is 6.95. The molecule has 1 atom stereocenters. The van der Waals surface area contributed by atoms with Crippen molar-refractivity contribution in [3.05, 3.63) is 28.8 Å². The molecule has 4 nitrogen and oxygen atoms in total. The van der Waals surface area contributed by atoms with Crippen LogP contribution in [0.25, 0.3) is 0 Å². The molecule has 2 N–H and O–H groups in total. The van der Waals surface area contributed by atoms with Gasteiger partial charge in [-0.2, -0.15) is 0 Å². The van der Waals surface area contributed by atoms with E-state index in [9.17, 15) is 8.42 Å². The van der Waals surface area contributed by atoms with Gasteiger partial charge >= 0.3 is 0 Å². The molecule has 20 heavy (non-hydrogen) atoms. The van der Waals surface area contributed by atoms with Gasteiger partial charge in [-0.15, -0.1) is 0 Å². The summed E-state index contributed by atoms with van der Waals surface area (Å²) in [7, 11) is -3.48. The van der Waals surface area contributed by atoms with Crippen LogP contribution >= 0.6 is 11.6 Å². The molecule has 0 spiro atoms. The van der Waals surface area contributed by atoms with E-state index in [0.29, 0.717) is 11.6 Å². The monoisotopic (exact) mass is 318 g/mol. The SMILES string of the molecule is CCCC(C)NS(=O)(=O)c1ccc(Cl)c(CNCC)c1. The zero-order valence-electron chi connectivity index (χ0n) is 12.2. The topological polar surface area (TPSA) is 58.2 Å². The van der Waals surface area contributed by atoms with Gasteiger partial charge in [0.25, 0.3) is 0 Å². The minimum absolute atomic E-state index is 0.0714. The molecule has 0 aromatic heterocycles. The molecule has 0 aliphatic carbocycles. The van der Waals surface area contributed by atoms with Gasteiger partial charge in [0, 0.05) is 17.6 Å². The highest BCUT2D eigenvalue weighted by molar-refractivity contribution is 7.89. The fourth-order valence-corrected chi connectivity index (χ4v) is 3.45. The average molecular weight is 319 g/mol. The number of halogens is 1. The average Bonchev–Trinajstić information content (AvgIpc) is 2.37. The summed E-state index contributed by atoms with van der Waals surface area (Å²) >= 11 is 6.08. The molecule has 0 bridgehead atoms. The highest BCUT2D eigenvalue weighted by atomic mass is 35.5. The molecule has 0 amide bonds. The molecule has 0 saturated carbocycles. The molecule has 1 aromatic carbocycles. The summed E-state index contributed by atoms with van der Waals surface area (Å²) in [5, 5.41) is 3.72. The smallest absolute Gasteiger partial charge is 0.240 e. The van der Waals surface area contributed by atoms with Crippen LogP contribution < -0.4 is 10.0 Å². The second kappa shape index (κ2) is 7.98. The summed E-state index contributed by atoms with van der Waals surface area (Å²) in [5.41, 5.74) is 0.791. The Bertz CT molecular complexity index is 532. The van der Waals surface area contributed by atoms with Crippen LogP contribution in [0.15, 0.2) is 23.1 Å². The minimum atomic E-state index is -3.48. The van der Waals surface area contributed by atoms with Gasteiger partial charge in [-0.05, 0) is 43.7 Å². The molecule has 0 aliphatic rings. The first-order valence-corrected chi connectivity index (χ1v) is 8.78. The lowest BCUT2D eigenvalue weighted by Gasteiger charge is -2.14. The van der Waals surface area contributed by atoms with Crippen molar-refractivity contribution in [1.29, 1.82) is 0 Å². The van der Waals surface area contributed by atoms with E-state index >= 15 is 0 Å². The number of hydrogen-bond donors (Lipinski definition) is 2. The predicted molar refractivity (Wildman–Crippen MR) is 83.5 cm³/mol. The lowest BCUT2D eigenvalue weighted by Crippen LogP contribution is -2.32. The van der Waals surface area contributed by atoms with Crippen LogP contribution in [0.2, 0.25) is 5.02 Å². The van der Waals surface area contributed by atoms with Crippen molar-refractivity contribution >= 4 is 21.6 Å². The van der Waals surface area contributed by atoms with E-state index < -0.39 is 10.0 Å². The van der Waals surface area contributed by atoms with E-state index in [-0.39, 0.29) is 10.9 Å². The van der Waals surface area contributed by atoms with Gasteiger partial charge in [0.05, 0.1) is 4.90 Å². The first kappa shape index (κ1) is 17.4.